The monoisotopic (exact) mass is 533 g/mol. The van der Waals surface area contributed by atoms with Crippen molar-refractivity contribution in [2.45, 2.75) is 102 Å². The summed E-state index contributed by atoms with van der Waals surface area (Å²) in [4.78, 5) is 30.6. The molecule has 2 N–H and O–H groups in total. The lowest BCUT2D eigenvalue weighted by Gasteiger charge is -2.20. The van der Waals surface area contributed by atoms with Crippen molar-refractivity contribution in [2.24, 2.45) is 0 Å². The normalized spacial score (nSPS) is 12.0. The fraction of sp³-hybridized carbons (Fsp3) is 0.607. The number of aromatic nitrogens is 1. The molecule has 1 aromatic heterocycles. The Morgan fingerprint density at radius 3 is 2.39 bits per heavy atom. The summed E-state index contributed by atoms with van der Waals surface area (Å²) in [6.07, 6.45) is 14.6. The van der Waals surface area contributed by atoms with E-state index >= 15 is 0 Å². The molecule has 1 atom stereocenters. The molecule has 0 radical (unpaired) electrons. The number of carbonyl (C=O) groups excluding carboxylic acids is 2. The number of pyridine rings is 1. The van der Waals surface area contributed by atoms with Crippen molar-refractivity contribution in [2.75, 3.05) is 23.5 Å². The van der Waals surface area contributed by atoms with Crippen LogP contribution in [0.15, 0.2) is 29.3 Å². The Hall–Kier alpha value is -1.77. The molecule has 0 bridgehead atoms. The maximum atomic E-state index is 13.6. The number of carbonyl (C=O) groups is 2. The zero-order valence-corrected chi connectivity index (χ0v) is 24.0. The number of rotatable bonds is 18. The highest BCUT2D eigenvalue weighted by atomic mass is 32.2. The maximum absolute atomic E-state index is 13.6. The van der Waals surface area contributed by atoms with Crippen molar-refractivity contribution in [3.63, 3.8) is 0 Å². The van der Waals surface area contributed by atoms with Crippen molar-refractivity contribution < 1.29 is 13.8 Å². The number of hydrogen-bond acceptors (Lipinski definition) is 6. The molecular weight excluding hydrogens is 490 g/mol. The Morgan fingerprint density at radius 2 is 1.69 bits per heavy atom. The minimum atomic E-state index is -0.175. The van der Waals surface area contributed by atoms with Crippen molar-refractivity contribution in [1.29, 1.82) is 0 Å². The third-order valence-electron chi connectivity index (χ3n) is 6.02. The molecule has 36 heavy (non-hydrogen) atoms. The first-order chi connectivity index (χ1) is 17.5. The summed E-state index contributed by atoms with van der Waals surface area (Å²) in [5.41, 5.74) is 1.93. The molecule has 0 aliphatic carbocycles. The first-order valence-corrected chi connectivity index (χ1v) is 15.1. The minimum absolute atomic E-state index is 0.0273. The SMILES string of the molecule is CCCCCCCCC(SCCCCCC)C(=O)Nc1c(SOC)cc(NC(C)=O)c2ncccc12. The Labute approximate surface area is 225 Å². The van der Waals surface area contributed by atoms with Crippen LogP contribution in [0.4, 0.5) is 11.4 Å². The average Bonchev–Trinajstić information content (AvgIpc) is 2.86. The number of nitrogens with zero attached hydrogens (tertiary/aromatic N) is 1. The third-order valence-corrected chi connectivity index (χ3v) is 8.06. The molecule has 8 heteroatoms. The topological polar surface area (TPSA) is 80.3 Å². The first-order valence-electron chi connectivity index (χ1n) is 13.3. The summed E-state index contributed by atoms with van der Waals surface area (Å²) >= 11 is 2.95. The quantitative estimate of drug-likeness (QED) is 0.148. The van der Waals surface area contributed by atoms with E-state index in [1.807, 2.05) is 18.2 Å². The lowest BCUT2D eigenvalue weighted by Crippen LogP contribution is -2.26. The van der Waals surface area contributed by atoms with Crippen LogP contribution in [0.2, 0.25) is 0 Å². The van der Waals surface area contributed by atoms with Gasteiger partial charge in [0, 0.05) is 30.5 Å². The Morgan fingerprint density at radius 1 is 1.00 bits per heavy atom. The number of anilines is 2. The van der Waals surface area contributed by atoms with Gasteiger partial charge in [-0.15, -0.1) is 11.8 Å². The summed E-state index contributed by atoms with van der Waals surface area (Å²) in [7, 11) is 1.59. The molecule has 6 nitrogen and oxygen atoms in total. The molecule has 0 fully saturated rings. The van der Waals surface area contributed by atoms with E-state index in [4.69, 9.17) is 4.18 Å². The number of unbranched alkanes of at least 4 members (excludes halogenated alkanes) is 8. The zero-order chi connectivity index (χ0) is 26.2. The Balaban J connectivity index is 2.23. The highest BCUT2D eigenvalue weighted by Gasteiger charge is 2.22. The fourth-order valence-electron chi connectivity index (χ4n) is 4.15. The van der Waals surface area contributed by atoms with E-state index in [1.165, 1.54) is 70.3 Å². The summed E-state index contributed by atoms with van der Waals surface area (Å²) < 4.78 is 5.36. The van der Waals surface area contributed by atoms with E-state index in [-0.39, 0.29) is 17.1 Å². The maximum Gasteiger partial charge on any atom is 0.237 e. The number of fused-ring (bicyclic) bond motifs is 1. The molecule has 2 amide bonds. The van der Waals surface area contributed by atoms with Crippen molar-refractivity contribution in [1.82, 2.24) is 4.98 Å². The van der Waals surface area contributed by atoms with Crippen LogP contribution in [-0.4, -0.2) is 34.9 Å². The number of nitrogens with one attached hydrogen (secondary N) is 2. The zero-order valence-electron chi connectivity index (χ0n) is 22.4. The highest BCUT2D eigenvalue weighted by molar-refractivity contribution is 8.00. The molecule has 0 aliphatic rings. The van der Waals surface area contributed by atoms with Gasteiger partial charge in [0.05, 0.1) is 34.1 Å². The predicted octanol–water partition coefficient (Wildman–Crippen LogP) is 8.22. The van der Waals surface area contributed by atoms with Gasteiger partial charge in [0.2, 0.25) is 11.8 Å². The van der Waals surface area contributed by atoms with Gasteiger partial charge in [0.1, 0.15) is 0 Å². The summed E-state index contributed by atoms with van der Waals surface area (Å²) in [5, 5.41) is 6.76. The van der Waals surface area contributed by atoms with E-state index in [1.54, 1.807) is 25.1 Å². The van der Waals surface area contributed by atoms with Gasteiger partial charge in [-0.05, 0) is 36.8 Å². The van der Waals surface area contributed by atoms with E-state index in [0.717, 1.165) is 35.3 Å². The van der Waals surface area contributed by atoms with Gasteiger partial charge in [-0.25, -0.2) is 0 Å². The fourth-order valence-corrected chi connectivity index (χ4v) is 5.94. The second-order valence-corrected chi connectivity index (χ2v) is 11.3. The minimum Gasteiger partial charge on any atom is -0.324 e. The van der Waals surface area contributed by atoms with Crippen LogP contribution < -0.4 is 10.6 Å². The predicted molar refractivity (Wildman–Crippen MR) is 156 cm³/mol. The largest absolute Gasteiger partial charge is 0.324 e. The molecule has 2 rings (SSSR count). The summed E-state index contributed by atoms with van der Waals surface area (Å²) in [5.74, 6) is 0.849. The van der Waals surface area contributed by atoms with Crippen LogP contribution in [0.1, 0.15) is 91.4 Å². The molecule has 1 aromatic carbocycles. The van der Waals surface area contributed by atoms with E-state index in [0.29, 0.717) is 16.9 Å². The molecule has 1 unspecified atom stereocenters. The third kappa shape index (κ3) is 10.3. The number of amides is 2. The standard InChI is InChI=1S/C28H43N3O3S2/c1-5-7-9-11-12-13-17-24(35-19-14-10-8-6-2)28(33)31-27-22-16-15-18-29-26(22)23(30-21(3)32)20-25(27)36-34-4/h15-16,18,20,24H,5-14,17,19H2,1-4H3,(H,30,32)(H,31,33). The van der Waals surface area contributed by atoms with E-state index in [9.17, 15) is 9.59 Å². The first kappa shape index (κ1) is 30.5. The molecule has 0 aliphatic heterocycles. The lowest BCUT2D eigenvalue weighted by molar-refractivity contribution is -0.116. The van der Waals surface area contributed by atoms with E-state index < -0.39 is 0 Å². The van der Waals surface area contributed by atoms with Gasteiger partial charge in [0.25, 0.3) is 0 Å². The second-order valence-electron chi connectivity index (χ2n) is 9.09. The second kappa shape index (κ2) is 17.6. The Kier molecular flexibility index (Phi) is 14.9. The number of benzene rings is 1. The van der Waals surface area contributed by atoms with Gasteiger partial charge in [-0.2, -0.15) is 0 Å². The van der Waals surface area contributed by atoms with Crippen LogP contribution in [-0.2, 0) is 13.8 Å². The van der Waals surface area contributed by atoms with Gasteiger partial charge in [-0.3, -0.25) is 14.6 Å². The van der Waals surface area contributed by atoms with Crippen LogP contribution >= 0.6 is 23.8 Å². The van der Waals surface area contributed by atoms with Crippen molar-refractivity contribution in [3.8, 4) is 0 Å². The Bertz CT molecular complexity index is 955. The summed E-state index contributed by atoms with van der Waals surface area (Å²) in [6, 6.07) is 5.58. The molecular formula is C28H43N3O3S2. The molecule has 0 spiro atoms. The average molecular weight is 534 g/mol. The molecule has 200 valence electrons. The van der Waals surface area contributed by atoms with Crippen LogP contribution in [0.3, 0.4) is 0 Å². The molecule has 1 heterocycles. The number of hydrogen-bond donors (Lipinski definition) is 2. The van der Waals surface area contributed by atoms with Crippen LogP contribution in [0, 0.1) is 0 Å². The van der Waals surface area contributed by atoms with E-state index in [2.05, 4.69) is 29.5 Å². The van der Waals surface area contributed by atoms with Crippen LogP contribution in [0.25, 0.3) is 10.9 Å². The summed E-state index contributed by atoms with van der Waals surface area (Å²) in [6.45, 7) is 5.92. The molecule has 0 saturated carbocycles. The van der Waals surface area contributed by atoms with Crippen LogP contribution in [0.5, 0.6) is 0 Å². The van der Waals surface area contributed by atoms with Crippen molar-refractivity contribution in [3.05, 3.63) is 24.4 Å². The molecule has 2 aromatic rings. The van der Waals surface area contributed by atoms with Gasteiger partial charge in [0.15, 0.2) is 0 Å². The smallest absolute Gasteiger partial charge is 0.237 e. The number of thioether (sulfide) groups is 1. The molecule has 0 saturated heterocycles. The highest BCUT2D eigenvalue weighted by Crippen LogP contribution is 2.39. The van der Waals surface area contributed by atoms with Gasteiger partial charge >= 0.3 is 0 Å². The lowest BCUT2D eigenvalue weighted by atomic mass is 10.1. The van der Waals surface area contributed by atoms with Crippen molar-refractivity contribution >= 4 is 57.9 Å². The van der Waals surface area contributed by atoms with Gasteiger partial charge < -0.3 is 14.8 Å². The van der Waals surface area contributed by atoms with Gasteiger partial charge in [-0.1, -0.05) is 71.6 Å².